The third kappa shape index (κ3) is 2.59. The van der Waals surface area contributed by atoms with Gasteiger partial charge in [-0.15, -0.1) is 0 Å². The summed E-state index contributed by atoms with van der Waals surface area (Å²) in [6.45, 7) is 0. The SMILES string of the molecule is NC(=O)c1ccc(N)nc1Nc1ccc2ncccc2c1. The summed E-state index contributed by atoms with van der Waals surface area (Å²) in [5, 5.41) is 4.05. The van der Waals surface area contributed by atoms with E-state index in [-0.39, 0.29) is 5.56 Å². The smallest absolute Gasteiger partial charge is 0.252 e. The Balaban J connectivity index is 2.02. The summed E-state index contributed by atoms with van der Waals surface area (Å²) >= 11 is 0. The van der Waals surface area contributed by atoms with E-state index in [0.29, 0.717) is 11.6 Å². The number of nitrogen functional groups attached to an aromatic ring is 1. The highest BCUT2D eigenvalue weighted by Gasteiger charge is 2.10. The molecule has 1 amide bonds. The Kier molecular flexibility index (Phi) is 3.12. The van der Waals surface area contributed by atoms with Crippen LogP contribution in [0.2, 0.25) is 0 Å². The molecule has 3 rings (SSSR count). The number of nitrogens with one attached hydrogen (secondary N) is 1. The second-order valence-electron chi connectivity index (χ2n) is 4.53. The molecule has 3 aromatic rings. The van der Waals surface area contributed by atoms with Crippen LogP contribution in [0, 0.1) is 0 Å². The van der Waals surface area contributed by atoms with Crippen LogP contribution < -0.4 is 16.8 Å². The van der Waals surface area contributed by atoms with Crippen LogP contribution in [0.15, 0.2) is 48.7 Å². The molecule has 0 spiro atoms. The number of fused-ring (bicyclic) bond motifs is 1. The Hall–Kier alpha value is -3.15. The van der Waals surface area contributed by atoms with Gasteiger partial charge < -0.3 is 16.8 Å². The van der Waals surface area contributed by atoms with Gasteiger partial charge in [-0.05, 0) is 36.4 Å². The molecule has 2 heterocycles. The lowest BCUT2D eigenvalue weighted by Gasteiger charge is -2.10. The average Bonchev–Trinajstić information content (AvgIpc) is 2.47. The van der Waals surface area contributed by atoms with Gasteiger partial charge in [0.15, 0.2) is 0 Å². The van der Waals surface area contributed by atoms with Gasteiger partial charge in [-0.25, -0.2) is 4.98 Å². The van der Waals surface area contributed by atoms with Crippen molar-refractivity contribution in [3.63, 3.8) is 0 Å². The van der Waals surface area contributed by atoms with Crippen LogP contribution >= 0.6 is 0 Å². The fourth-order valence-corrected chi connectivity index (χ4v) is 2.06. The molecule has 5 N–H and O–H groups in total. The number of carbonyl (C=O) groups is 1. The summed E-state index contributed by atoms with van der Waals surface area (Å²) in [6, 6.07) is 12.6. The standard InChI is InChI=1S/C15H13N5O/c16-13-6-4-11(14(17)21)15(20-13)19-10-3-5-12-9(8-10)2-1-7-18-12/h1-8H,(H2,17,21)(H3,16,19,20). The normalized spacial score (nSPS) is 10.5. The fourth-order valence-electron chi connectivity index (χ4n) is 2.06. The van der Waals surface area contributed by atoms with Crippen molar-refractivity contribution in [2.75, 3.05) is 11.1 Å². The molecule has 21 heavy (non-hydrogen) atoms. The molecule has 0 saturated heterocycles. The first-order valence-corrected chi connectivity index (χ1v) is 6.31. The Bertz CT molecular complexity index is 831. The van der Waals surface area contributed by atoms with Crippen LogP contribution in [0.1, 0.15) is 10.4 Å². The highest BCUT2D eigenvalue weighted by molar-refractivity contribution is 5.98. The number of benzene rings is 1. The molecule has 0 aliphatic carbocycles. The zero-order chi connectivity index (χ0) is 14.8. The molecule has 0 unspecified atom stereocenters. The molecular formula is C15H13N5O. The van der Waals surface area contributed by atoms with E-state index >= 15 is 0 Å². The maximum absolute atomic E-state index is 11.4. The van der Waals surface area contributed by atoms with Gasteiger partial charge in [0.25, 0.3) is 5.91 Å². The summed E-state index contributed by atoms with van der Waals surface area (Å²) in [5.41, 5.74) is 12.9. The van der Waals surface area contributed by atoms with Crippen molar-refractivity contribution in [1.29, 1.82) is 0 Å². The van der Waals surface area contributed by atoms with Crippen molar-refractivity contribution in [3.05, 3.63) is 54.2 Å². The van der Waals surface area contributed by atoms with Crippen LogP contribution in [-0.2, 0) is 0 Å². The fraction of sp³-hybridized carbons (Fsp3) is 0. The van der Waals surface area contributed by atoms with Gasteiger partial charge in [-0.3, -0.25) is 9.78 Å². The molecule has 0 atom stereocenters. The van der Waals surface area contributed by atoms with Gasteiger partial charge in [0.1, 0.15) is 11.6 Å². The quantitative estimate of drug-likeness (QED) is 0.680. The maximum Gasteiger partial charge on any atom is 0.252 e. The van der Waals surface area contributed by atoms with E-state index in [1.807, 2.05) is 30.3 Å². The molecule has 6 heteroatoms. The lowest BCUT2D eigenvalue weighted by Crippen LogP contribution is -2.14. The monoisotopic (exact) mass is 279 g/mol. The Labute approximate surface area is 120 Å². The van der Waals surface area contributed by atoms with E-state index in [4.69, 9.17) is 11.5 Å². The Morgan fingerprint density at radius 3 is 2.81 bits per heavy atom. The number of hydrogen-bond acceptors (Lipinski definition) is 5. The van der Waals surface area contributed by atoms with E-state index in [2.05, 4.69) is 15.3 Å². The maximum atomic E-state index is 11.4. The van der Waals surface area contributed by atoms with Gasteiger partial charge in [0.2, 0.25) is 0 Å². The highest BCUT2D eigenvalue weighted by Crippen LogP contribution is 2.23. The Morgan fingerprint density at radius 1 is 1.14 bits per heavy atom. The third-order valence-electron chi connectivity index (χ3n) is 3.05. The summed E-state index contributed by atoms with van der Waals surface area (Å²) in [4.78, 5) is 19.8. The third-order valence-corrected chi connectivity index (χ3v) is 3.05. The number of primary amides is 1. The minimum absolute atomic E-state index is 0.287. The first-order chi connectivity index (χ1) is 10.1. The van der Waals surface area contributed by atoms with E-state index in [1.165, 1.54) is 6.07 Å². The molecule has 0 fully saturated rings. The number of pyridine rings is 2. The van der Waals surface area contributed by atoms with Crippen molar-refractivity contribution in [1.82, 2.24) is 9.97 Å². The topological polar surface area (TPSA) is 107 Å². The average molecular weight is 279 g/mol. The van der Waals surface area contributed by atoms with Gasteiger partial charge in [0, 0.05) is 17.3 Å². The lowest BCUT2D eigenvalue weighted by atomic mass is 10.2. The van der Waals surface area contributed by atoms with Crippen molar-refractivity contribution in [3.8, 4) is 0 Å². The summed E-state index contributed by atoms with van der Waals surface area (Å²) in [5.74, 6) is 0.0863. The van der Waals surface area contributed by atoms with E-state index in [0.717, 1.165) is 16.6 Å². The molecule has 0 aliphatic rings. The minimum atomic E-state index is -0.563. The van der Waals surface area contributed by atoms with Crippen molar-refractivity contribution >= 4 is 34.1 Å². The number of hydrogen-bond donors (Lipinski definition) is 3. The van der Waals surface area contributed by atoms with E-state index < -0.39 is 5.91 Å². The van der Waals surface area contributed by atoms with Crippen LogP contribution in [0.25, 0.3) is 10.9 Å². The zero-order valence-electron chi connectivity index (χ0n) is 11.1. The van der Waals surface area contributed by atoms with Crippen LogP contribution in [0.3, 0.4) is 0 Å². The second-order valence-corrected chi connectivity index (χ2v) is 4.53. The largest absolute Gasteiger partial charge is 0.384 e. The molecule has 6 nitrogen and oxygen atoms in total. The van der Waals surface area contributed by atoms with Crippen molar-refractivity contribution < 1.29 is 4.79 Å². The van der Waals surface area contributed by atoms with Crippen LogP contribution in [0.5, 0.6) is 0 Å². The van der Waals surface area contributed by atoms with Gasteiger partial charge >= 0.3 is 0 Å². The van der Waals surface area contributed by atoms with Crippen LogP contribution in [-0.4, -0.2) is 15.9 Å². The van der Waals surface area contributed by atoms with E-state index in [9.17, 15) is 4.79 Å². The summed E-state index contributed by atoms with van der Waals surface area (Å²) < 4.78 is 0. The van der Waals surface area contributed by atoms with Gasteiger partial charge in [-0.1, -0.05) is 6.07 Å². The van der Waals surface area contributed by atoms with Gasteiger partial charge in [0.05, 0.1) is 11.1 Å². The first-order valence-electron chi connectivity index (χ1n) is 6.31. The zero-order valence-corrected chi connectivity index (χ0v) is 11.1. The van der Waals surface area contributed by atoms with Crippen molar-refractivity contribution in [2.24, 2.45) is 5.73 Å². The van der Waals surface area contributed by atoms with E-state index in [1.54, 1.807) is 12.3 Å². The number of aromatic nitrogens is 2. The molecular weight excluding hydrogens is 266 g/mol. The molecule has 104 valence electrons. The molecule has 0 bridgehead atoms. The number of nitrogens with zero attached hydrogens (tertiary/aromatic N) is 2. The highest BCUT2D eigenvalue weighted by atomic mass is 16.1. The second kappa shape index (κ2) is 5.09. The molecule has 0 saturated carbocycles. The molecule has 1 aromatic carbocycles. The van der Waals surface area contributed by atoms with Crippen LogP contribution in [0.4, 0.5) is 17.3 Å². The van der Waals surface area contributed by atoms with Gasteiger partial charge in [-0.2, -0.15) is 0 Å². The Morgan fingerprint density at radius 2 is 2.00 bits per heavy atom. The number of carbonyl (C=O) groups excluding carboxylic acids is 1. The minimum Gasteiger partial charge on any atom is -0.384 e. The lowest BCUT2D eigenvalue weighted by molar-refractivity contribution is 0.100. The number of amides is 1. The molecule has 0 aliphatic heterocycles. The van der Waals surface area contributed by atoms with Crippen molar-refractivity contribution in [2.45, 2.75) is 0 Å². The molecule has 0 radical (unpaired) electrons. The number of rotatable bonds is 3. The first kappa shape index (κ1) is 12.9. The predicted molar refractivity (Wildman–Crippen MR) is 82.2 cm³/mol. The molecule has 2 aromatic heterocycles. The summed E-state index contributed by atoms with van der Waals surface area (Å²) in [6.07, 6.45) is 1.74. The summed E-state index contributed by atoms with van der Waals surface area (Å²) in [7, 11) is 0. The number of anilines is 3. The predicted octanol–water partition coefficient (Wildman–Crippen LogP) is 2.05. The number of nitrogens with two attached hydrogens (primary N) is 2.